The van der Waals surface area contributed by atoms with E-state index in [9.17, 15) is 4.39 Å². The summed E-state index contributed by atoms with van der Waals surface area (Å²) in [6, 6.07) is 6.85. The summed E-state index contributed by atoms with van der Waals surface area (Å²) in [6.07, 6.45) is 8.51. The smallest absolute Gasteiger partial charge is 0.123 e. The van der Waals surface area contributed by atoms with Crippen LogP contribution in [0.15, 0.2) is 30.3 Å². The second-order valence-corrected chi connectivity index (χ2v) is 3.84. The Hall–Kier alpha value is -1.11. The lowest BCUT2D eigenvalue weighted by Gasteiger charge is -2.04. The molecule has 0 aliphatic heterocycles. The summed E-state index contributed by atoms with van der Waals surface area (Å²) in [5.41, 5.74) is 2.58. The van der Waals surface area contributed by atoms with Crippen LogP contribution in [-0.2, 0) is 0 Å². The van der Waals surface area contributed by atoms with Crippen LogP contribution in [0.3, 0.4) is 0 Å². The Morgan fingerprint density at radius 2 is 1.71 bits per heavy atom. The van der Waals surface area contributed by atoms with E-state index in [4.69, 9.17) is 0 Å². The minimum atomic E-state index is -0.150. The van der Waals surface area contributed by atoms with Gasteiger partial charge in [0.2, 0.25) is 0 Å². The van der Waals surface area contributed by atoms with E-state index in [0.717, 1.165) is 6.42 Å². The van der Waals surface area contributed by atoms with Crippen molar-refractivity contribution in [3.63, 3.8) is 0 Å². The normalized spacial score (nSPS) is 17.4. The average Bonchev–Trinajstić information content (AvgIpc) is 2.47. The van der Waals surface area contributed by atoms with Gasteiger partial charge in [-0.3, -0.25) is 0 Å². The van der Waals surface area contributed by atoms with Gasteiger partial charge in [0, 0.05) is 0 Å². The molecule has 0 saturated heterocycles. The maximum atomic E-state index is 12.7. The minimum Gasteiger partial charge on any atom is -0.207 e. The largest absolute Gasteiger partial charge is 0.207 e. The molecule has 1 aliphatic rings. The van der Waals surface area contributed by atoms with E-state index < -0.39 is 0 Å². The first-order chi connectivity index (χ1) is 6.86. The molecule has 0 heterocycles. The van der Waals surface area contributed by atoms with E-state index in [1.165, 1.54) is 36.8 Å². The Labute approximate surface area is 84.5 Å². The molecule has 0 amide bonds. The fraction of sp³-hybridized carbons (Fsp3) is 0.385. The van der Waals surface area contributed by atoms with Crippen molar-refractivity contribution in [2.45, 2.75) is 32.1 Å². The molecule has 0 radical (unpaired) electrons. The maximum absolute atomic E-state index is 12.7. The molecular weight excluding hydrogens is 175 g/mol. The number of rotatable bonds is 1. The second kappa shape index (κ2) is 4.41. The molecule has 0 atom stereocenters. The van der Waals surface area contributed by atoms with Gasteiger partial charge in [-0.15, -0.1) is 0 Å². The molecule has 1 aromatic carbocycles. The SMILES string of the molecule is Fc1ccc(C2=CCCCCC2)cc1. The number of benzene rings is 1. The van der Waals surface area contributed by atoms with Crippen molar-refractivity contribution in [1.82, 2.24) is 0 Å². The Balaban J connectivity index is 2.20. The average molecular weight is 190 g/mol. The second-order valence-electron chi connectivity index (χ2n) is 3.84. The van der Waals surface area contributed by atoms with Crippen LogP contribution in [0.5, 0.6) is 0 Å². The van der Waals surface area contributed by atoms with Crippen molar-refractivity contribution in [3.8, 4) is 0 Å². The molecule has 1 aliphatic carbocycles. The topological polar surface area (TPSA) is 0 Å². The van der Waals surface area contributed by atoms with Crippen molar-refractivity contribution in [3.05, 3.63) is 41.7 Å². The first-order valence-electron chi connectivity index (χ1n) is 5.31. The van der Waals surface area contributed by atoms with Gasteiger partial charge in [-0.05, 0) is 49.0 Å². The van der Waals surface area contributed by atoms with Gasteiger partial charge in [-0.2, -0.15) is 0 Å². The molecule has 0 nitrogen and oxygen atoms in total. The molecule has 0 spiro atoms. The van der Waals surface area contributed by atoms with E-state index in [2.05, 4.69) is 6.08 Å². The first-order valence-corrected chi connectivity index (χ1v) is 5.31. The van der Waals surface area contributed by atoms with Gasteiger partial charge in [0.15, 0.2) is 0 Å². The van der Waals surface area contributed by atoms with E-state index in [1.54, 1.807) is 12.1 Å². The predicted octanol–water partition coefficient (Wildman–Crippen LogP) is 4.17. The van der Waals surface area contributed by atoms with Gasteiger partial charge in [0.1, 0.15) is 5.82 Å². The van der Waals surface area contributed by atoms with Crippen LogP contribution in [0.25, 0.3) is 5.57 Å². The van der Waals surface area contributed by atoms with Gasteiger partial charge in [0.25, 0.3) is 0 Å². The fourth-order valence-electron chi connectivity index (χ4n) is 1.94. The monoisotopic (exact) mass is 190 g/mol. The fourth-order valence-corrected chi connectivity index (χ4v) is 1.94. The van der Waals surface area contributed by atoms with Gasteiger partial charge in [0.05, 0.1) is 0 Å². The van der Waals surface area contributed by atoms with Crippen LogP contribution in [0, 0.1) is 5.82 Å². The summed E-state index contributed by atoms with van der Waals surface area (Å²) in [5.74, 6) is -0.150. The molecular formula is C13H15F. The third kappa shape index (κ3) is 2.22. The van der Waals surface area contributed by atoms with Crippen molar-refractivity contribution in [2.75, 3.05) is 0 Å². The molecule has 14 heavy (non-hydrogen) atoms. The van der Waals surface area contributed by atoms with E-state index in [-0.39, 0.29) is 5.82 Å². The van der Waals surface area contributed by atoms with Crippen molar-refractivity contribution in [2.24, 2.45) is 0 Å². The number of halogens is 1. The Morgan fingerprint density at radius 1 is 0.929 bits per heavy atom. The van der Waals surface area contributed by atoms with Crippen LogP contribution in [0.1, 0.15) is 37.7 Å². The van der Waals surface area contributed by atoms with Crippen molar-refractivity contribution in [1.29, 1.82) is 0 Å². The molecule has 0 saturated carbocycles. The number of hydrogen-bond donors (Lipinski definition) is 0. The van der Waals surface area contributed by atoms with Gasteiger partial charge < -0.3 is 0 Å². The highest BCUT2D eigenvalue weighted by Gasteiger charge is 2.04. The van der Waals surface area contributed by atoms with Crippen LogP contribution >= 0.6 is 0 Å². The molecule has 2 rings (SSSR count). The van der Waals surface area contributed by atoms with Crippen LogP contribution in [0.2, 0.25) is 0 Å². The van der Waals surface area contributed by atoms with Crippen molar-refractivity contribution < 1.29 is 4.39 Å². The zero-order valence-corrected chi connectivity index (χ0v) is 8.30. The molecule has 0 aromatic heterocycles. The third-order valence-corrected chi connectivity index (χ3v) is 2.76. The summed E-state index contributed by atoms with van der Waals surface area (Å²) in [7, 11) is 0. The summed E-state index contributed by atoms with van der Waals surface area (Å²) in [5, 5.41) is 0. The molecule has 1 heteroatoms. The highest BCUT2D eigenvalue weighted by Crippen LogP contribution is 2.25. The lowest BCUT2D eigenvalue weighted by Crippen LogP contribution is -1.84. The third-order valence-electron chi connectivity index (χ3n) is 2.76. The van der Waals surface area contributed by atoms with E-state index in [0.29, 0.717) is 0 Å². The molecule has 0 unspecified atom stereocenters. The highest BCUT2D eigenvalue weighted by atomic mass is 19.1. The standard InChI is InChI=1S/C13H15F/c14-13-9-7-12(8-10-13)11-5-3-1-2-4-6-11/h5,7-10H,1-4,6H2. The van der Waals surface area contributed by atoms with E-state index >= 15 is 0 Å². The van der Waals surface area contributed by atoms with Gasteiger partial charge in [-0.1, -0.05) is 24.6 Å². The Bertz CT molecular complexity index is 322. The van der Waals surface area contributed by atoms with Crippen molar-refractivity contribution >= 4 is 5.57 Å². The molecule has 0 N–H and O–H groups in total. The summed E-state index contributed by atoms with van der Waals surface area (Å²) < 4.78 is 12.7. The molecule has 1 aromatic rings. The zero-order valence-electron chi connectivity index (χ0n) is 8.30. The summed E-state index contributed by atoms with van der Waals surface area (Å²) >= 11 is 0. The number of hydrogen-bond acceptors (Lipinski definition) is 0. The first kappa shape index (κ1) is 9.45. The molecule has 0 fully saturated rings. The predicted molar refractivity (Wildman–Crippen MR) is 57.5 cm³/mol. The number of allylic oxidation sites excluding steroid dienone is 2. The van der Waals surface area contributed by atoms with Gasteiger partial charge in [-0.25, -0.2) is 4.39 Å². The van der Waals surface area contributed by atoms with Gasteiger partial charge >= 0.3 is 0 Å². The molecule has 74 valence electrons. The lowest BCUT2D eigenvalue weighted by molar-refractivity contribution is 0.627. The molecule has 0 bridgehead atoms. The summed E-state index contributed by atoms with van der Waals surface area (Å²) in [4.78, 5) is 0. The lowest BCUT2D eigenvalue weighted by atomic mass is 10.0. The van der Waals surface area contributed by atoms with Crippen LogP contribution in [-0.4, -0.2) is 0 Å². The van der Waals surface area contributed by atoms with Crippen LogP contribution < -0.4 is 0 Å². The Morgan fingerprint density at radius 3 is 2.50 bits per heavy atom. The minimum absolute atomic E-state index is 0.150. The highest BCUT2D eigenvalue weighted by molar-refractivity contribution is 5.65. The van der Waals surface area contributed by atoms with E-state index in [1.807, 2.05) is 12.1 Å². The summed E-state index contributed by atoms with van der Waals surface area (Å²) in [6.45, 7) is 0. The maximum Gasteiger partial charge on any atom is 0.123 e. The van der Waals surface area contributed by atoms with Crippen LogP contribution in [0.4, 0.5) is 4.39 Å². The quantitative estimate of drug-likeness (QED) is 0.623. The Kier molecular flexibility index (Phi) is 2.97. The zero-order chi connectivity index (χ0) is 9.80.